The highest BCUT2D eigenvalue weighted by Gasteiger charge is 2.31. The average molecular weight is 585 g/mol. The van der Waals surface area contributed by atoms with Gasteiger partial charge in [-0.25, -0.2) is 13.8 Å². The van der Waals surface area contributed by atoms with Crippen LogP contribution in [0.3, 0.4) is 0 Å². The van der Waals surface area contributed by atoms with Gasteiger partial charge in [0.1, 0.15) is 35.0 Å². The Bertz CT molecular complexity index is 1630. The van der Waals surface area contributed by atoms with Crippen molar-refractivity contribution in [1.29, 1.82) is 0 Å². The molecule has 0 aliphatic carbocycles. The van der Waals surface area contributed by atoms with Crippen LogP contribution < -0.4 is 14.4 Å². The molecule has 0 unspecified atom stereocenters. The maximum atomic E-state index is 14.6. The van der Waals surface area contributed by atoms with Crippen LogP contribution in [0.2, 0.25) is 5.02 Å². The van der Waals surface area contributed by atoms with E-state index in [2.05, 4.69) is 26.7 Å². The molecule has 214 valence electrons. The number of fused-ring (bicyclic) bond motifs is 2. The molecule has 5 heterocycles. The number of nitrogens with one attached hydrogen (secondary N) is 1. The first-order valence-corrected chi connectivity index (χ1v) is 13.5. The van der Waals surface area contributed by atoms with Gasteiger partial charge in [0.05, 0.1) is 22.5 Å². The number of rotatable bonds is 7. The molecule has 2 aliphatic rings. The zero-order valence-corrected chi connectivity index (χ0v) is 22.9. The van der Waals surface area contributed by atoms with Gasteiger partial charge in [-0.2, -0.15) is 15.1 Å². The second-order valence-electron chi connectivity index (χ2n) is 10.0. The Hall–Kier alpha value is -4.10. The van der Waals surface area contributed by atoms with Gasteiger partial charge in [-0.3, -0.25) is 14.8 Å². The van der Waals surface area contributed by atoms with Crippen LogP contribution in [-0.2, 0) is 4.79 Å². The van der Waals surface area contributed by atoms with E-state index in [9.17, 15) is 13.6 Å². The standard InChI is InChI=1S/C27H27ClF2N8O3/c1-3-21(39)37-6-8-38(9-7-37)25-17-4-5-31-26(41-24-18-12-32-35-20(18)11-19(30)22(24)28)23(17)33-27(34-25)40-14-16-10-15(29)13-36(16)2/h3-5,11-12,15-16H,1,6-10,13-14H2,2H3,(H,32,35)/t15-,16-/m0/s1. The van der Waals surface area contributed by atoms with Crippen LogP contribution in [0.1, 0.15) is 6.42 Å². The van der Waals surface area contributed by atoms with E-state index < -0.39 is 12.0 Å². The summed E-state index contributed by atoms with van der Waals surface area (Å²) in [7, 11) is 1.85. The van der Waals surface area contributed by atoms with Crippen molar-refractivity contribution in [1.82, 2.24) is 34.9 Å². The van der Waals surface area contributed by atoms with E-state index in [0.717, 1.165) is 0 Å². The second-order valence-corrected chi connectivity index (χ2v) is 10.4. The first kappa shape index (κ1) is 27.1. The number of anilines is 1. The fraction of sp³-hybridized carbons (Fsp3) is 0.370. The monoisotopic (exact) mass is 584 g/mol. The lowest BCUT2D eigenvalue weighted by Gasteiger charge is -2.35. The second kappa shape index (κ2) is 11.1. The molecule has 1 amide bonds. The highest BCUT2D eigenvalue weighted by Crippen LogP contribution is 2.40. The van der Waals surface area contributed by atoms with Crippen molar-refractivity contribution in [3.8, 4) is 17.6 Å². The van der Waals surface area contributed by atoms with Gasteiger partial charge in [-0.05, 0) is 25.6 Å². The summed E-state index contributed by atoms with van der Waals surface area (Å²) in [5.41, 5.74) is 0.720. The van der Waals surface area contributed by atoms with Crippen molar-refractivity contribution in [2.24, 2.45) is 0 Å². The number of hydrogen-bond acceptors (Lipinski definition) is 9. The molecule has 6 rings (SSSR count). The van der Waals surface area contributed by atoms with Crippen molar-refractivity contribution in [3.05, 3.63) is 48.0 Å². The summed E-state index contributed by atoms with van der Waals surface area (Å²) in [6.07, 6.45) is 3.75. The van der Waals surface area contributed by atoms with E-state index in [4.69, 9.17) is 26.1 Å². The minimum absolute atomic E-state index is 0.0381. The highest BCUT2D eigenvalue weighted by molar-refractivity contribution is 6.33. The van der Waals surface area contributed by atoms with Crippen LogP contribution in [0.4, 0.5) is 14.6 Å². The van der Waals surface area contributed by atoms with Gasteiger partial charge in [-0.15, -0.1) is 0 Å². The number of alkyl halides is 1. The minimum Gasteiger partial charge on any atom is -0.462 e. The third-order valence-electron chi connectivity index (χ3n) is 7.44. The molecule has 1 aromatic carbocycles. The zero-order chi connectivity index (χ0) is 28.7. The Morgan fingerprint density at radius 3 is 2.80 bits per heavy atom. The van der Waals surface area contributed by atoms with E-state index >= 15 is 0 Å². The average Bonchev–Trinajstić information content (AvgIpc) is 3.58. The smallest absolute Gasteiger partial charge is 0.319 e. The molecular weight excluding hydrogens is 558 g/mol. The predicted octanol–water partition coefficient (Wildman–Crippen LogP) is 3.74. The molecule has 0 bridgehead atoms. The number of likely N-dealkylation sites (N-methyl/N-ethyl adjacent to an activating group) is 1. The van der Waals surface area contributed by atoms with Crippen molar-refractivity contribution >= 4 is 45.1 Å². The largest absolute Gasteiger partial charge is 0.462 e. The molecule has 14 heteroatoms. The van der Waals surface area contributed by atoms with Crippen molar-refractivity contribution in [2.45, 2.75) is 18.6 Å². The number of ether oxygens (including phenoxy) is 2. The quantitative estimate of drug-likeness (QED) is 0.325. The Labute approximate surface area is 238 Å². The molecule has 2 fully saturated rings. The SMILES string of the molecule is C=CC(=O)N1CCN(c2nc(OC[C@@H]3C[C@H](F)CN3C)nc3c(Oc4c(Cl)c(F)cc5[nH]ncc45)nccc23)CC1. The fourth-order valence-electron chi connectivity index (χ4n) is 5.22. The van der Waals surface area contributed by atoms with E-state index in [1.807, 2.05) is 16.8 Å². The Kier molecular flexibility index (Phi) is 7.30. The van der Waals surface area contributed by atoms with Crippen molar-refractivity contribution < 1.29 is 23.0 Å². The molecule has 3 aromatic heterocycles. The van der Waals surface area contributed by atoms with E-state index in [0.29, 0.717) is 66.8 Å². The number of aromatic nitrogens is 5. The molecule has 4 aromatic rings. The topological polar surface area (TPSA) is 113 Å². The zero-order valence-electron chi connectivity index (χ0n) is 22.2. The molecule has 1 N–H and O–H groups in total. The number of benzene rings is 1. The maximum Gasteiger partial charge on any atom is 0.319 e. The number of piperazine rings is 1. The Morgan fingerprint density at radius 1 is 1.27 bits per heavy atom. The van der Waals surface area contributed by atoms with Crippen LogP contribution >= 0.6 is 11.6 Å². The molecule has 41 heavy (non-hydrogen) atoms. The van der Waals surface area contributed by atoms with Crippen LogP contribution in [0.5, 0.6) is 17.6 Å². The van der Waals surface area contributed by atoms with Gasteiger partial charge >= 0.3 is 6.01 Å². The number of amides is 1. The van der Waals surface area contributed by atoms with Crippen LogP contribution in [0.25, 0.3) is 21.8 Å². The number of H-pyrrole nitrogens is 1. The summed E-state index contributed by atoms with van der Waals surface area (Å²) in [4.78, 5) is 31.5. The number of carbonyl (C=O) groups excluding carboxylic acids is 1. The lowest BCUT2D eigenvalue weighted by Crippen LogP contribution is -2.48. The summed E-state index contributed by atoms with van der Waals surface area (Å²) < 4.78 is 40.7. The van der Waals surface area contributed by atoms with E-state index in [1.165, 1.54) is 24.5 Å². The predicted molar refractivity (Wildman–Crippen MR) is 149 cm³/mol. The fourth-order valence-corrected chi connectivity index (χ4v) is 5.42. The number of carbonyl (C=O) groups is 1. The highest BCUT2D eigenvalue weighted by atomic mass is 35.5. The molecule has 11 nitrogen and oxygen atoms in total. The van der Waals surface area contributed by atoms with Gasteiger partial charge in [0.15, 0.2) is 5.75 Å². The van der Waals surface area contributed by atoms with Crippen molar-refractivity contribution in [2.75, 3.05) is 51.3 Å². The molecule has 2 aliphatic heterocycles. The van der Waals surface area contributed by atoms with E-state index in [1.54, 1.807) is 11.0 Å². The molecule has 0 radical (unpaired) electrons. The summed E-state index contributed by atoms with van der Waals surface area (Å²) in [6.45, 7) is 6.05. The first-order valence-electron chi connectivity index (χ1n) is 13.1. The summed E-state index contributed by atoms with van der Waals surface area (Å²) in [5.74, 6) is -0.156. The summed E-state index contributed by atoms with van der Waals surface area (Å²) >= 11 is 6.30. The molecule has 2 saturated heterocycles. The van der Waals surface area contributed by atoms with Crippen LogP contribution in [0, 0.1) is 5.82 Å². The number of pyridine rings is 1. The maximum absolute atomic E-state index is 14.6. The molecular formula is C27H27ClF2N8O3. The number of hydrogen-bond donors (Lipinski definition) is 1. The van der Waals surface area contributed by atoms with Crippen LogP contribution in [0.15, 0.2) is 37.2 Å². The minimum atomic E-state index is -0.920. The summed E-state index contributed by atoms with van der Waals surface area (Å²) in [5, 5.41) is 7.54. The number of aromatic amines is 1. The van der Waals surface area contributed by atoms with Gasteiger partial charge in [-0.1, -0.05) is 18.2 Å². The first-order chi connectivity index (χ1) is 19.8. The Morgan fingerprint density at radius 2 is 2.07 bits per heavy atom. The third-order valence-corrected chi connectivity index (χ3v) is 7.79. The number of halogens is 3. The lowest BCUT2D eigenvalue weighted by atomic mass is 10.2. The van der Waals surface area contributed by atoms with E-state index in [-0.39, 0.29) is 41.2 Å². The molecule has 2 atom stereocenters. The van der Waals surface area contributed by atoms with Gasteiger partial charge in [0.25, 0.3) is 0 Å². The van der Waals surface area contributed by atoms with Crippen molar-refractivity contribution in [3.63, 3.8) is 0 Å². The number of likely N-dealkylation sites (tertiary alicyclic amines) is 1. The number of nitrogens with zero attached hydrogens (tertiary/aromatic N) is 7. The molecule has 0 saturated carbocycles. The van der Waals surface area contributed by atoms with Gasteiger partial charge in [0, 0.05) is 51.0 Å². The normalized spacial score (nSPS) is 19.7. The molecule has 0 spiro atoms. The van der Waals surface area contributed by atoms with Gasteiger partial charge in [0.2, 0.25) is 11.8 Å². The summed E-state index contributed by atoms with van der Waals surface area (Å²) in [6, 6.07) is 2.91. The lowest BCUT2D eigenvalue weighted by molar-refractivity contribution is -0.126. The third kappa shape index (κ3) is 5.22. The Balaban J connectivity index is 1.39. The van der Waals surface area contributed by atoms with Crippen LogP contribution in [-0.4, -0.2) is 99.4 Å². The van der Waals surface area contributed by atoms with Gasteiger partial charge < -0.3 is 19.3 Å².